The second-order valence-corrected chi connectivity index (χ2v) is 4.80. The smallest absolute Gasteiger partial charge is 0.336 e. The normalized spacial score (nSPS) is 10.8. The van der Waals surface area contributed by atoms with E-state index in [9.17, 15) is 4.79 Å². The summed E-state index contributed by atoms with van der Waals surface area (Å²) in [6.07, 6.45) is 3.95. The number of allylic oxidation sites excluding steroid dienone is 1. The van der Waals surface area contributed by atoms with Gasteiger partial charge in [0, 0.05) is 15.1 Å². The van der Waals surface area contributed by atoms with Crippen molar-refractivity contribution in [3.05, 3.63) is 40.4 Å². The third kappa shape index (κ3) is 3.72. The number of thioether (sulfide) groups is 1. The Bertz CT molecular complexity index is 388. The van der Waals surface area contributed by atoms with Gasteiger partial charge in [-0.1, -0.05) is 28.1 Å². The van der Waals surface area contributed by atoms with Crippen LogP contribution in [0.4, 0.5) is 0 Å². The predicted molar refractivity (Wildman–Crippen MR) is 66.6 cm³/mol. The molecule has 0 atom stereocenters. The van der Waals surface area contributed by atoms with Gasteiger partial charge in [0.15, 0.2) is 0 Å². The summed E-state index contributed by atoms with van der Waals surface area (Å²) in [6, 6.07) is 5.19. The van der Waals surface area contributed by atoms with E-state index in [1.165, 1.54) is 11.8 Å². The number of hydrogen-bond acceptors (Lipinski definition) is 2. The molecule has 0 heterocycles. The number of hydrogen-bond donors (Lipinski definition) is 1. The number of carbonyl (C=O) groups is 1. The van der Waals surface area contributed by atoms with E-state index in [-0.39, 0.29) is 0 Å². The van der Waals surface area contributed by atoms with Crippen LogP contribution < -0.4 is 0 Å². The Morgan fingerprint density at radius 3 is 2.93 bits per heavy atom. The molecule has 1 aromatic rings. The van der Waals surface area contributed by atoms with E-state index in [2.05, 4.69) is 15.9 Å². The molecule has 0 aromatic heterocycles. The molecule has 0 aliphatic heterocycles. The first-order valence-corrected chi connectivity index (χ1v) is 6.20. The van der Waals surface area contributed by atoms with E-state index >= 15 is 0 Å². The Hall–Kier alpha value is -0.740. The van der Waals surface area contributed by atoms with Crippen molar-refractivity contribution in [1.29, 1.82) is 0 Å². The first-order valence-electron chi connectivity index (χ1n) is 4.42. The zero-order valence-corrected chi connectivity index (χ0v) is 10.6. The van der Waals surface area contributed by atoms with Crippen LogP contribution in [0.1, 0.15) is 17.3 Å². The fourth-order valence-electron chi connectivity index (χ4n) is 1.03. The molecule has 4 heteroatoms. The van der Waals surface area contributed by atoms with Gasteiger partial charge < -0.3 is 5.11 Å². The fraction of sp³-hybridized carbons (Fsp3) is 0.182. The van der Waals surface area contributed by atoms with Gasteiger partial charge >= 0.3 is 5.97 Å². The summed E-state index contributed by atoms with van der Waals surface area (Å²) in [5, 5.41) is 8.97. The quantitative estimate of drug-likeness (QED) is 0.675. The Labute approximate surface area is 102 Å². The van der Waals surface area contributed by atoms with Gasteiger partial charge in [-0.25, -0.2) is 4.79 Å². The minimum absolute atomic E-state index is 0.354. The lowest BCUT2D eigenvalue weighted by molar-refractivity contribution is 0.0693. The monoisotopic (exact) mass is 286 g/mol. The topological polar surface area (TPSA) is 37.3 Å². The van der Waals surface area contributed by atoms with Crippen molar-refractivity contribution in [3.63, 3.8) is 0 Å². The van der Waals surface area contributed by atoms with Crippen LogP contribution in [-0.2, 0) is 0 Å². The molecule has 0 unspecified atom stereocenters. The predicted octanol–water partition coefficient (Wildman–Crippen LogP) is 3.82. The maximum atomic E-state index is 10.9. The van der Waals surface area contributed by atoms with E-state index in [1.807, 2.05) is 25.1 Å². The van der Waals surface area contributed by atoms with E-state index in [0.717, 1.165) is 15.1 Å². The highest BCUT2D eigenvalue weighted by atomic mass is 79.9. The average Bonchev–Trinajstić information content (AvgIpc) is 2.18. The molecule has 80 valence electrons. The molecule has 1 rings (SSSR count). The van der Waals surface area contributed by atoms with Crippen molar-refractivity contribution in [2.75, 3.05) is 5.75 Å². The molecule has 0 saturated heterocycles. The minimum Gasteiger partial charge on any atom is -0.478 e. The molecule has 0 aliphatic rings. The van der Waals surface area contributed by atoms with Gasteiger partial charge in [0.25, 0.3) is 0 Å². The molecule has 0 saturated carbocycles. The molecular weight excluding hydrogens is 276 g/mol. The second kappa shape index (κ2) is 5.98. The molecule has 1 aromatic carbocycles. The summed E-state index contributed by atoms with van der Waals surface area (Å²) in [5.41, 5.74) is 0.354. The highest BCUT2D eigenvalue weighted by Crippen LogP contribution is 2.26. The summed E-state index contributed by atoms with van der Waals surface area (Å²) in [6.45, 7) is 1.94. The zero-order chi connectivity index (χ0) is 11.3. The van der Waals surface area contributed by atoms with Crippen LogP contribution in [0.3, 0.4) is 0 Å². The van der Waals surface area contributed by atoms with Crippen LogP contribution in [0.5, 0.6) is 0 Å². The number of aromatic carboxylic acids is 1. The number of rotatable bonds is 4. The van der Waals surface area contributed by atoms with Crippen molar-refractivity contribution >= 4 is 33.7 Å². The van der Waals surface area contributed by atoms with Crippen LogP contribution in [0, 0.1) is 0 Å². The van der Waals surface area contributed by atoms with Gasteiger partial charge in [0.2, 0.25) is 0 Å². The fourth-order valence-corrected chi connectivity index (χ4v) is 2.53. The van der Waals surface area contributed by atoms with E-state index in [0.29, 0.717) is 5.56 Å². The van der Waals surface area contributed by atoms with Gasteiger partial charge in [-0.05, 0) is 25.1 Å². The average molecular weight is 287 g/mol. The lowest BCUT2D eigenvalue weighted by Crippen LogP contribution is -1.98. The lowest BCUT2D eigenvalue weighted by atomic mass is 10.2. The largest absolute Gasteiger partial charge is 0.478 e. The molecule has 15 heavy (non-hydrogen) atoms. The summed E-state index contributed by atoms with van der Waals surface area (Å²) in [7, 11) is 0. The first-order chi connectivity index (χ1) is 7.15. The van der Waals surface area contributed by atoms with E-state index < -0.39 is 5.97 Å². The standard InChI is InChI=1S/C11H11BrO2S/c1-2-3-6-15-10-7-8(12)4-5-9(10)11(13)14/h2-5,7H,6H2,1H3,(H,13,14)/b3-2+. The molecule has 0 amide bonds. The molecule has 0 aliphatic carbocycles. The molecule has 2 nitrogen and oxygen atoms in total. The van der Waals surface area contributed by atoms with Crippen LogP contribution >= 0.6 is 27.7 Å². The van der Waals surface area contributed by atoms with Crippen LogP contribution in [-0.4, -0.2) is 16.8 Å². The van der Waals surface area contributed by atoms with Crippen LogP contribution in [0.25, 0.3) is 0 Å². The second-order valence-electron chi connectivity index (χ2n) is 2.83. The SMILES string of the molecule is C/C=C/CSc1cc(Br)ccc1C(=O)O. The van der Waals surface area contributed by atoms with Crippen molar-refractivity contribution < 1.29 is 9.90 Å². The molecular formula is C11H11BrO2S. The van der Waals surface area contributed by atoms with Gasteiger partial charge in [-0.2, -0.15) is 0 Å². The Balaban J connectivity index is 2.91. The molecule has 1 N–H and O–H groups in total. The Kier molecular flexibility index (Phi) is 4.91. The minimum atomic E-state index is -0.884. The zero-order valence-electron chi connectivity index (χ0n) is 8.24. The third-order valence-electron chi connectivity index (χ3n) is 1.74. The van der Waals surface area contributed by atoms with Crippen molar-refractivity contribution in [1.82, 2.24) is 0 Å². The number of carboxylic acid groups (broad SMARTS) is 1. The molecule has 0 radical (unpaired) electrons. The Morgan fingerprint density at radius 1 is 1.60 bits per heavy atom. The van der Waals surface area contributed by atoms with Crippen LogP contribution in [0.2, 0.25) is 0 Å². The third-order valence-corrected chi connectivity index (χ3v) is 3.25. The highest BCUT2D eigenvalue weighted by Gasteiger charge is 2.09. The van der Waals surface area contributed by atoms with E-state index in [1.54, 1.807) is 12.1 Å². The summed E-state index contributed by atoms with van der Waals surface area (Å²) >= 11 is 4.85. The lowest BCUT2D eigenvalue weighted by Gasteiger charge is -2.04. The molecule has 0 bridgehead atoms. The summed E-state index contributed by atoms with van der Waals surface area (Å²) in [4.78, 5) is 11.7. The van der Waals surface area contributed by atoms with E-state index in [4.69, 9.17) is 5.11 Å². The molecule has 0 spiro atoms. The van der Waals surface area contributed by atoms with Crippen molar-refractivity contribution in [3.8, 4) is 0 Å². The first kappa shape index (κ1) is 12.3. The van der Waals surface area contributed by atoms with Crippen LogP contribution in [0.15, 0.2) is 39.7 Å². The van der Waals surface area contributed by atoms with Gasteiger partial charge in [-0.3, -0.25) is 0 Å². The number of halogens is 1. The number of benzene rings is 1. The summed E-state index contributed by atoms with van der Waals surface area (Å²) < 4.78 is 0.899. The van der Waals surface area contributed by atoms with Gasteiger partial charge in [0.1, 0.15) is 0 Å². The van der Waals surface area contributed by atoms with Crippen molar-refractivity contribution in [2.45, 2.75) is 11.8 Å². The maximum Gasteiger partial charge on any atom is 0.336 e. The molecule has 0 fully saturated rings. The number of carboxylic acids is 1. The van der Waals surface area contributed by atoms with Gasteiger partial charge in [0.05, 0.1) is 5.56 Å². The maximum absolute atomic E-state index is 10.9. The van der Waals surface area contributed by atoms with Crippen molar-refractivity contribution in [2.24, 2.45) is 0 Å². The Morgan fingerprint density at radius 2 is 2.33 bits per heavy atom. The summed E-state index contributed by atoms with van der Waals surface area (Å²) in [5.74, 6) is -0.0989. The van der Waals surface area contributed by atoms with Gasteiger partial charge in [-0.15, -0.1) is 11.8 Å². The highest BCUT2D eigenvalue weighted by molar-refractivity contribution is 9.10.